The maximum atomic E-state index is 9.19. The van der Waals surface area contributed by atoms with Crippen molar-refractivity contribution < 1.29 is 0 Å². The van der Waals surface area contributed by atoms with E-state index in [-0.39, 0.29) is 0 Å². The van der Waals surface area contributed by atoms with Crippen molar-refractivity contribution in [2.24, 2.45) is 5.18 Å². The summed E-state index contributed by atoms with van der Waals surface area (Å²) < 4.78 is 0.324. The number of thiol groups is 2. The third-order valence-electron chi connectivity index (χ3n) is 0.168. The molecule has 0 radical (unpaired) electrons. The molecule has 0 spiro atoms. The average Bonchev–Trinajstić information content (AvgIpc) is 1.35. The Morgan fingerprint density at radius 1 is 1.67 bits per heavy atom. The van der Waals surface area contributed by atoms with Crippen molar-refractivity contribution in [1.29, 1.82) is 0 Å². The van der Waals surface area contributed by atoms with Gasteiger partial charge in [0.1, 0.15) is 0 Å². The van der Waals surface area contributed by atoms with Crippen LogP contribution in [0.4, 0.5) is 0 Å². The molecular weight excluding hydrogens is 118 g/mol. The van der Waals surface area contributed by atoms with Crippen LogP contribution in [0.3, 0.4) is 0 Å². The lowest BCUT2D eigenvalue weighted by molar-refractivity contribution is 1.55. The zero-order valence-electron chi connectivity index (χ0n) is 2.83. The van der Waals surface area contributed by atoms with Gasteiger partial charge in [0.15, 0.2) is 0 Å². The Hall–Kier alpha value is 0.0400. The van der Waals surface area contributed by atoms with Crippen LogP contribution in [0.25, 0.3) is 0 Å². The summed E-state index contributed by atoms with van der Waals surface area (Å²) in [6.45, 7) is 0. The zero-order valence-corrected chi connectivity index (χ0v) is 4.62. The molecule has 0 saturated carbocycles. The average molecular weight is 121 g/mol. The normalized spacial score (nSPS) is 7.00. The fraction of sp³-hybridized carbons (Fsp3) is 0. The van der Waals surface area contributed by atoms with Gasteiger partial charge in [-0.1, -0.05) is 0 Å². The summed E-state index contributed by atoms with van der Waals surface area (Å²) in [5.74, 6) is 0. The topological polar surface area (TPSA) is 29.4 Å². The predicted molar refractivity (Wildman–Crippen MR) is 31.8 cm³/mol. The van der Waals surface area contributed by atoms with Gasteiger partial charge >= 0.3 is 0 Å². The largest absolute Gasteiger partial charge is 0.145 e. The second-order valence-corrected chi connectivity index (χ2v) is 1.91. The van der Waals surface area contributed by atoms with Crippen molar-refractivity contribution in [3.05, 3.63) is 15.3 Å². The SMILES string of the molecule is O=NC=C(S)S. The molecule has 0 aliphatic carbocycles. The molecule has 0 heterocycles. The third kappa shape index (κ3) is 4.04. The van der Waals surface area contributed by atoms with Crippen LogP contribution < -0.4 is 0 Å². The molecule has 4 heteroatoms. The van der Waals surface area contributed by atoms with Crippen molar-refractivity contribution >= 4 is 25.3 Å². The number of nitrogens with zero attached hydrogens (tertiary/aromatic N) is 1. The van der Waals surface area contributed by atoms with Crippen LogP contribution in [0.15, 0.2) is 15.6 Å². The van der Waals surface area contributed by atoms with Crippen LogP contribution in [0, 0.1) is 4.91 Å². The summed E-state index contributed by atoms with van der Waals surface area (Å²) in [6.07, 6.45) is 1.01. The molecule has 0 N–H and O–H groups in total. The third-order valence-corrected chi connectivity index (χ3v) is 0.399. The van der Waals surface area contributed by atoms with Gasteiger partial charge < -0.3 is 0 Å². The Kier molecular flexibility index (Phi) is 3.26. The lowest BCUT2D eigenvalue weighted by atomic mass is 11.1. The van der Waals surface area contributed by atoms with E-state index >= 15 is 0 Å². The standard InChI is InChI=1S/C2H3NOS2/c4-3-1-2(5)6/h1,5-6H. The molecule has 0 aromatic rings. The monoisotopic (exact) mass is 121 g/mol. The summed E-state index contributed by atoms with van der Waals surface area (Å²) in [4.78, 5) is 9.19. The summed E-state index contributed by atoms with van der Waals surface area (Å²) in [6, 6.07) is 0. The minimum atomic E-state index is 0.324. The van der Waals surface area contributed by atoms with E-state index in [1.54, 1.807) is 0 Å². The highest BCUT2D eigenvalue weighted by molar-refractivity contribution is 8.04. The zero-order chi connectivity index (χ0) is 4.99. The second-order valence-electron chi connectivity index (χ2n) is 0.593. The van der Waals surface area contributed by atoms with Gasteiger partial charge in [-0.3, -0.25) is 0 Å². The first-order valence-corrected chi connectivity index (χ1v) is 2.07. The molecule has 2 nitrogen and oxygen atoms in total. The van der Waals surface area contributed by atoms with Gasteiger partial charge in [0.25, 0.3) is 0 Å². The van der Waals surface area contributed by atoms with E-state index in [0.717, 1.165) is 6.20 Å². The first kappa shape index (κ1) is 6.04. The summed E-state index contributed by atoms with van der Waals surface area (Å²) in [5.41, 5.74) is 0. The van der Waals surface area contributed by atoms with Crippen LogP contribution in [0.2, 0.25) is 0 Å². The first-order chi connectivity index (χ1) is 2.77. The maximum Gasteiger partial charge on any atom is 0.0909 e. The molecule has 34 valence electrons. The molecule has 0 unspecified atom stereocenters. The highest BCUT2D eigenvalue weighted by Gasteiger charge is 1.70. The quantitative estimate of drug-likeness (QED) is 0.398. The fourth-order valence-corrected chi connectivity index (χ4v) is 0.141. The van der Waals surface area contributed by atoms with Crippen molar-refractivity contribution in [2.45, 2.75) is 0 Å². The van der Waals surface area contributed by atoms with Crippen LogP contribution in [-0.4, -0.2) is 0 Å². The Balaban J connectivity index is 3.41. The van der Waals surface area contributed by atoms with E-state index in [1.807, 2.05) is 0 Å². The van der Waals surface area contributed by atoms with E-state index < -0.39 is 0 Å². The molecular formula is C2H3NOS2. The molecule has 0 aliphatic rings. The first-order valence-electron chi connectivity index (χ1n) is 1.18. The summed E-state index contributed by atoms with van der Waals surface area (Å²) in [7, 11) is 0. The summed E-state index contributed by atoms with van der Waals surface area (Å²) >= 11 is 7.22. The Bertz CT molecular complexity index is 75.6. The van der Waals surface area contributed by atoms with Crippen LogP contribution in [0.1, 0.15) is 0 Å². The molecule has 0 aliphatic heterocycles. The van der Waals surface area contributed by atoms with E-state index in [2.05, 4.69) is 30.4 Å². The van der Waals surface area contributed by atoms with E-state index in [4.69, 9.17) is 0 Å². The van der Waals surface area contributed by atoms with Crippen LogP contribution >= 0.6 is 25.3 Å². The highest BCUT2D eigenvalue weighted by atomic mass is 32.2. The predicted octanol–water partition coefficient (Wildman–Crippen LogP) is 1.41. The minimum Gasteiger partial charge on any atom is -0.145 e. The van der Waals surface area contributed by atoms with Crippen LogP contribution in [-0.2, 0) is 0 Å². The van der Waals surface area contributed by atoms with Gasteiger partial charge in [0, 0.05) is 0 Å². The molecule has 0 rings (SSSR count). The lowest BCUT2D eigenvalue weighted by Gasteiger charge is -1.70. The van der Waals surface area contributed by atoms with Crippen LogP contribution in [0.5, 0.6) is 0 Å². The summed E-state index contributed by atoms with van der Waals surface area (Å²) in [5, 5.41) is 2.37. The van der Waals surface area contributed by atoms with Crippen molar-refractivity contribution in [3.63, 3.8) is 0 Å². The molecule has 6 heavy (non-hydrogen) atoms. The molecule has 0 fully saturated rings. The molecule has 0 aromatic carbocycles. The van der Waals surface area contributed by atoms with Gasteiger partial charge in [-0.25, -0.2) is 0 Å². The van der Waals surface area contributed by atoms with Crippen molar-refractivity contribution in [3.8, 4) is 0 Å². The van der Waals surface area contributed by atoms with Crippen molar-refractivity contribution in [1.82, 2.24) is 0 Å². The molecule has 0 atom stereocenters. The number of nitroso groups, excluding NO2 is 1. The Morgan fingerprint density at radius 3 is 2.17 bits per heavy atom. The van der Waals surface area contributed by atoms with Gasteiger partial charge in [-0.2, -0.15) is 0 Å². The number of hydrogen-bond donors (Lipinski definition) is 2. The fourth-order valence-electron chi connectivity index (χ4n) is 0.0471. The van der Waals surface area contributed by atoms with Gasteiger partial charge in [-0.15, -0.1) is 30.2 Å². The highest BCUT2D eigenvalue weighted by Crippen LogP contribution is 2.02. The number of rotatable bonds is 1. The van der Waals surface area contributed by atoms with Gasteiger partial charge in [-0.05, 0) is 5.18 Å². The van der Waals surface area contributed by atoms with Gasteiger partial charge in [0.2, 0.25) is 0 Å². The second kappa shape index (κ2) is 3.24. The lowest BCUT2D eigenvalue weighted by Crippen LogP contribution is -1.43. The minimum absolute atomic E-state index is 0.324. The smallest absolute Gasteiger partial charge is 0.0909 e. The Labute approximate surface area is 46.4 Å². The molecule has 0 saturated heterocycles. The van der Waals surface area contributed by atoms with E-state index in [9.17, 15) is 4.91 Å². The maximum absolute atomic E-state index is 9.19. The van der Waals surface area contributed by atoms with Gasteiger partial charge in [0.05, 0.1) is 10.4 Å². The van der Waals surface area contributed by atoms with E-state index in [0.29, 0.717) is 4.24 Å². The Morgan fingerprint density at radius 2 is 2.17 bits per heavy atom. The molecule has 0 amide bonds. The molecule has 0 aromatic heterocycles. The molecule has 0 bridgehead atoms. The van der Waals surface area contributed by atoms with Crippen molar-refractivity contribution in [2.75, 3.05) is 0 Å². The van der Waals surface area contributed by atoms with E-state index in [1.165, 1.54) is 0 Å². The number of hydrogen-bond acceptors (Lipinski definition) is 4.